The molecular formula is C19H22BrN3O3S. The summed E-state index contributed by atoms with van der Waals surface area (Å²) in [7, 11) is 3.01. The van der Waals surface area contributed by atoms with Crippen LogP contribution in [0.3, 0.4) is 0 Å². The number of halogens is 1. The third-order valence-electron chi connectivity index (χ3n) is 3.42. The van der Waals surface area contributed by atoms with Gasteiger partial charge in [-0.15, -0.1) is 17.0 Å². The van der Waals surface area contributed by atoms with E-state index in [-0.39, 0.29) is 41.0 Å². The number of hydrogen-bond donors (Lipinski definition) is 2. The average molecular weight is 452 g/mol. The number of amides is 1. The van der Waals surface area contributed by atoms with Gasteiger partial charge in [-0.05, 0) is 23.8 Å². The molecule has 2 aromatic rings. The Morgan fingerprint density at radius 1 is 1.04 bits per heavy atom. The second kappa shape index (κ2) is 12.1. The number of aliphatic imine (C=N–C) groups is 1. The van der Waals surface area contributed by atoms with Crippen molar-refractivity contribution in [3.05, 3.63) is 60.2 Å². The van der Waals surface area contributed by atoms with Crippen molar-refractivity contribution in [2.75, 3.05) is 30.5 Å². The smallest absolute Gasteiger partial charge is 0.310 e. The van der Waals surface area contributed by atoms with Crippen molar-refractivity contribution in [3.63, 3.8) is 0 Å². The number of nitrogens with one attached hydrogen (secondary N) is 2. The molecule has 6 nitrogen and oxygen atoms in total. The minimum Gasteiger partial charge on any atom is -0.469 e. The Balaban J connectivity index is 0.00000364. The number of methoxy groups -OCH3 is 1. The van der Waals surface area contributed by atoms with Gasteiger partial charge in [0.05, 0.1) is 19.3 Å². The monoisotopic (exact) mass is 451 g/mol. The Kier molecular flexibility index (Phi) is 10.2. The molecular weight excluding hydrogens is 430 g/mol. The first-order chi connectivity index (χ1) is 12.6. The maximum absolute atomic E-state index is 12.1. The van der Waals surface area contributed by atoms with Gasteiger partial charge in [0.15, 0.2) is 5.17 Å². The number of rotatable bonds is 6. The van der Waals surface area contributed by atoms with E-state index in [0.29, 0.717) is 5.17 Å². The summed E-state index contributed by atoms with van der Waals surface area (Å²) < 4.78 is 4.72. The summed E-state index contributed by atoms with van der Waals surface area (Å²) in [5, 5.41) is 6.59. The van der Waals surface area contributed by atoms with Crippen LogP contribution >= 0.6 is 28.7 Å². The predicted molar refractivity (Wildman–Crippen MR) is 117 cm³/mol. The number of esters is 1. The maximum Gasteiger partial charge on any atom is 0.310 e. The summed E-state index contributed by atoms with van der Waals surface area (Å²) in [4.78, 5) is 27.8. The minimum absolute atomic E-state index is 0. The van der Waals surface area contributed by atoms with Crippen molar-refractivity contribution in [2.24, 2.45) is 4.99 Å². The molecule has 0 saturated heterocycles. The van der Waals surface area contributed by atoms with Crippen LogP contribution in [0.15, 0.2) is 59.6 Å². The largest absolute Gasteiger partial charge is 0.469 e. The predicted octanol–water partition coefficient (Wildman–Crippen LogP) is 3.75. The van der Waals surface area contributed by atoms with Gasteiger partial charge < -0.3 is 15.4 Å². The second-order valence-corrected chi connectivity index (χ2v) is 6.23. The summed E-state index contributed by atoms with van der Waals surface area (Å²) in [6.45, 7) is 0. The fourth-order valence-electron chi connectivity index (χ4n) is 2.15. The van der Waals surface area contributed by atoms with Crippen molar-refractivity contribution in [2.45, 2.75) is 6.42 Å². The maximum atomic E-state index is 12.1. The highest BCUT2D eigenvalue weighted by Crippen LogP contribution is 2.19. The molecule has 0 unspecified atom stereocenters. The van der Waals surface area contributed by atoms with Crippen LogP contribution in [0.25, 0.3) is 0 Å². The first-order valence-corrected chi connectivity index (χ1v) is 8.97. The van der Waals surface area contributed by atoms with Gasteiger partial charge >= 0.3 is 5.97 Å². The molecule has 8 heteroatoms. The molecule has 144 valence electrons. The van der Waals surface area contributed by atoms with Crippen LogP contribution in [0.4, 0.5) is 11.4 Å². The Bertz CT molecular complexity index is 785. The van der Waals surface area contributed by atoms with Gasteiger partial charge in [0.1, 0.15) is 0 Å². The van der Waals surface area contributed by atoms with E-state index >= 15 is 0 Å². The molecule has 0 spiro atoms. The van der Waals surface area contributed by atoms with Gasteiger partial charge in [-0.1, -0.05) is 48.2 Å². The van der Waals surface area contributed by atoms with Crippen molar-refractivity contribution < 1.29 is 14.3 Å². The lowest BCUT2D eigenvalue weighted by Gasteiger charge is -2.13. The van der Waals surface area contributed by atoms with E-state index in [1.165, 1.54) is 18.9 Å². The van der Waals surface area contributed by atoms with E-state index in [0.717, 1.165) is 16.9 Å². The van der Waals surface area contributed by atoms with Gasteiger partial charge in [0, 0.05) is 18.4 Å². The minimum atomic E-state index is -0.316. The van der Waals surface area contributed by atoms with E-state index in [1.807, 2.05) is 54.6 Å². The van der Waals surface area contributed by atoms with Gasteiger partial charge in [-0.2, -0.15) is 0 Å². The fraction of sp³-hybridized carbons (Fsp3) is 0.211. The normalized spacial score (nSPS) is 10.5. The zero-order chi connectivity index (χ0) is 18.8. The van der Waals surface area contributed by atoms with Crippen LogP contribution in [0.1, 0.15) is 5.56 Å². The Morgan fingerprint density at radius 3 is 2.37 bits per heavy atom. The average Bonchev–Trinajstić information content (AvgIpc) is 2.67. The SMILES string of the molecule is Br.CN=C(Nc1ccccc1CC(=O)OC)SCC(=O)Nc1ccccc1. The molecule has 0 fully saturated rings. The van der Waals surface area contributed by atoms with Gasteiger partial charge in [-0.3, -0.25) is 14.6 Å². The number of hydrogen-bond acceptors (Lipinski definition) is 5. The van der Waals surface area contributed by atoms with Crippen molar-refractivity contribution in [1.29, 1.82) is 0 Å². The van der Waals surface area contributed by atoms with Crippen LogP contribution in [0.2, 0.25) is 0 Å². The van der Waals surface area contributed by atoms with Crippen LogP contribution in [0.5, 0.6) is 0 Å². The quantitative estimate of drug-likeness (QED) is 0.397. The van der Waals surface area contributed by atoms with Crippen LogP contribution < -0.4 is 10.6 Å². The number of para-hydroxylation sites is 2. The molecule has 0 bridgehead atoms. The van der Waals surface area contributed by atoms with E-state index < -0.39 is 0 Å². The van der Waals surface area contributed by atoms with E-state index in [9.17, 15) is 9.59 Å². The van der Waals surface area contributed by atoms with Gasteiger partial charge in [0.2, 0.25) is 5.91 Å². The molecule has 2 rings (SSSR count). The molecule has 0 atom stereocenters. The lowest BCUT2D eigenvalue weighted by Crippen LogP contribution is -2.18. The Labute approximate surface area is 173 Å². The topological polar surface area (TPSA) is 79.8 Å². The number of ether oxygens (including phenoxy) is 1. The molecule has 0 aliphatic rings. The zero-order valence-corrected chi connectivity index (χ0v) is 17.6. The Hall–Kier alpha value is -2.32. The summed E-state index contributed by atoms with van der Waals surface area (Å²) >= 11 is 1.29. The molecule has 0 radical (unpaired) electrons. The number of carbonyl (C=O) groups is 2. The zero-order valence-electron chi connectivity index (χ0n) is 15.1. The van der Waals surface area contributed by atoms with Crippen LogP contribution in [-0.4, -0.2) is 37.0 Å². The summed E-state index contributed by atoms with van der Waals surface area (Å²) in [6.07, 6.45) is 0.163. The highest BCUT2D eigenvalue weighted by Gasteiger charge is 2.11. The molecule has 1 amide bonds. The molecule has 0 saturated carbocycles. The molecule has 0 aromatic heterocycles. The first kappa shape index (κ1) is 22.7. The standard InChI is InChI=1S/C19H21N3O3S.BrH/c1-20-19(26-13-17(23)21-15-9-4-3-5-10-15)22-16-11-7-6-8-14(16)12-18(24)25-2;/h3-11H,12-13H2,1-2H3,(H,20,22)(H,21,23);1H. The highest BCUT2D eigenvalue weighted by molar-refractivity contribution is 8.93. The Morgan fingerprint density at radius 2 is 1.70 bits per heavy atom. The van der Waals surface area contributed by atoms with E-state index in [4.69, 9.17) is 4.74 Å². The van der Waals surface area contributed by atoms with Crippen LogP contribution in [0, 0.1) is 0 Å². The van der Waals surface area contributed by atoms with Gasteiger partial charge in [0.25, 0.3) is 0 Å². The number of amidine groups is 1. The fourth-order valence-corrected chi connectivity index (χ4v) is 2.80. The lowest BCUT2D eigenvalue weighted by atomic mass is 10.1. The van der Waals surface area contributed by atoms with Gasteiger partial charge in [-0.25, -0.2) is 0 Å². The third kappa shape index (κ3) is 7.84. The molecule has 0 aliphatic carbocycles. The first-order valence-electron chi connectivity index (χ1n) is 7.98. The summed E-state index contributed by atoms with van der Waals surface area (Å²) in [5.41, 5.74) is 2.31. The van der Waals surface area contributed by atoms with Crippen molar-refractivity contribution in [1.82, 2.24) is 0 Å². The van der Waals surface area contributed by atoms with Crippen LogP contribution in [-0.2, 0) is 20.7 Å². The molecule has 2 N–H and O–H groups in total. The van der Waals surface area contributed by atoms with Crippen molar-refractivity contribution >= 4 is 57.2 Å². The lowest BCUT2D eigenvalue weighted by molar-refractivity contribution is -0.139. The summed E-state index contributed by atoms with van der Waals surface area (Å²) in [5.74, 6) is -0.218. The molecule has 27 heavy (non-hydrogen) atoms. The van der Waals surface area contributed by atoms with Crippen molar-refractivity contribution in [3.8, 4) is 0 Å². The summed E-state index contributed by atoms with van der Waals surface area (Å²) in [6, 6.07) is 16.7. The number of anilines is 2. The van der Waals surface area contributed by atoms with E-state index in [1.54, 1.807) is 7.05 Å². The number of carbonyl (C=O) groups excluding carboxylic acids is 2. The number of benzene rings is 2. The molecule has 0 heterocycles. The number of nitrogens with zero attached hydrogens (tertiary/aromatic N) is 1. The molecule has 0 aliphatic heterocycles. The number of thioether (sulfide) groups is 1. The highest BCUT2D eigenvalue weighted by atomic mass is 79.9. The second-order valence-electron chi connectivity index (χ2n) is 5.27. The third-order valence-corrected chi connectivity index (χ3v) is 4.39. The molecule has 2 aromatic carbocycles. The van der Waals surface area contributed by atoms with E-state index in [2.05, 4.69) is 15.6 Å².